The molecule has 0 unspecified atom stereocenters. The molecule has 0 aliphatic rings. The molecule has 0 saturated carbocycles. The highest BCUT2D eigenvalue weighted by Crippen LogP contribution is 2.19. The van der Waals surface area contributed by atoms with Crippen molar-refractivity contribution in [2.75, 3.05) is 0 Å². The summed E-state index contributed by atoms with van der Waals surface area (Å²) >= 11 is 5.58. The topological polar surface area (TPSA) is 48.1 Å². The van der Waals surface area contributed by atoms with Crippen LogP contribution in [0.1, 0.15) is 0 Å². The SMILES string of the molecule is NOc1cnccc1Cl. The minimum atomic E-state index is 0.388. The van der Waals surface area contributed by atoms with Gasteiger partial charge in [-0.2, -0.15) is 5.90 Å². The van der Waals surface area contributed by atoms with Crippen molar-refractivity contribution in [3.63, 3.8) is 0 Å². The minimum Gasteiger partial charge on any atom is -0.408 e. The molecular weight excluding hydrogens is 140 g/mol. The molecule has 9 heavy (non-hydrogen) atoms. The van der Waals surface area contributed by atoms with Gasteiger partial charge in [0.15, 0.2) is 5.75 Å². The number of hydrogen-bond donors (Lipinski definition) is 1. The Morgan fingerprint density at radius 1 is 1.67 bits per heavy atom. The number of rotatable bonds is 1. The fourth-order valence-electron chi connectivity index (χ4n) is 0.450. The van der Waals surface area contributed by atoms with Crippen molar-refractivity contribution >= 4 is 11.6 Å². The molecule has 0 bridgehead atoms. The molecule has 3 nitrogen and oxygen atoms in total. The van der Waals surface area contributed by atoms with Crippen LogP contribution in [0.3, 0.4) is 0 Å². The van der Waals surface area contributed by atoms with E-state index >= 15 is 0 Å². The quantitative estimate of drug-likeness (QED) is 0.598. The number of nitrogens with zero attached hydrogens (tertiary/aromatic N) is 1. The Morgan fingerprint density at radius 3 is 2.89 bits per heavy atom. The molecule has 0 saturated heterocycles. The van der Waals surface area contributed by atoms with E-state index in [1.165, 1.54) is 6.20 Å². The van der Waals surface area contributed by atoms with Crippen molar-refractivity contribution in [1.82, 2.24) is 4.98 Å². The maximum absolute atomic E-state index is 5.58. The van der Waals surface area contributed by atoms with Gasteiger partial charge in [-0.1, -0.05) is 11.6 Å². The van der Waals surface area contributed by atoms with E-state index in [9.17, 15) is 0 Å². The van der Waals surface area contributed by atoms with E-state index in [1.807, 2.05) is 0 Å². The highest BCUT2D eigenvalue weighted by atomic mass is 35.5. The molecule has 2 N–H and O–H groups in total. The van der Waals surface area contributed by atoms with E-state index in [0.717, 1.165) is 0 Å². The minimum absolute atomic E-state index is 0.388. The van der Waals surface area contributed by atoms with Crippen molar-refractivity contribution in [2.24, 2.45) is 5.90 Å². The van der Waals surface area contributed by atoms with Crippen LogP contribution in [0.15, 0.2) is 18.5 Å². The lowest BCUT2D eigenvalue weighted by molar-refractivity contribution is 0.333. The maximum atomic E-state index is 5.58. The van der Waals surface area contributed by atoms with Gasteiger partial charge in [-0.15, -0.1) is 0 Å². The van der Waals surface area contributed by atoms with Gasteiger partial charge in [0.2, 0.25) is 0 Å². The molecule has 0 radical (unpaired) electrons. The molecule has 0 fully saturated rings. The van der Waals surface area contributed by atoms with Gasteiger partial charge in [0.1, 0.15) is 0 Å². The van der Waals surface area contributed by atoms with Gasteiger partial charge in [-0.25, -0.2) is 0 Å². The van der Waals surface area contributed by atoms with E-state index in [0.29, 0.717) is 10.8 Å². The summed E-state index contributed by atoms with van der Waals surface area (Å²) in [6, 6.07) is 1.60. The second kappa shape index (κ2) is 2.66. The number of hydrogen-bond acceptors (Lipinski definition) is 3. The lowest BCUT2D eigenvalue weighted by Crippen LogP contribution is -2.02. The summed E-state index contributed by atoms with van der Waals surface area (Å²) in [5.41, 5.74) is 0. The highest BCUT2D eigenvalue weighted by molar-refractivity contribution is 6.31. The third-order valence-corrected chi connectivity index (χ3v) is 1.17. The molecule has 0 spiro atoms. The van der Waals surface area contributed by atoms with Crippen molar-refractivity contribution in [1.29, 1.82) is 0 Å². The molecule has 4 heteroatoms. The van der Waals surface area contributed by atoms with Gasteiger partial charge >= 0.3 is 0 Å². The molecule has 0 aromatic carbocycles. The largest absolute Gasteiger partial charge is 0.408 e. The molecule has 0 aliphatic heterocycles. The summed E-state index contributed by atoms with van der Waals surface area (Å²) in [4.78, 5) is 8.08. The van der Waals surface area contributed by atoms with Crippen LogP contribution in [0.4, 0.5) is 0 Å². The molecule has 1 heterocycles. The Morgan fingerprint density at radius 2 is 2.44 bits per heavy atom. The summed E-state index contributed by atoms with van der Waals surface area (Å²) in [7, 11) is 0. The lowest BCUT2D eigenvalue weighted by Gasteiger charge is -1.96. The van der Waals surface area contributed by atoms with Gasteiger partial charge in [0.25, 0.3) is 0 Å². The highest BCUT2D eigenvalue weighted by Gasteiger charge is 1.95. The zero-order chi connectivity index (χ0) is 6.69. The van der Waals surface area contributed by atoms with Crippen LogP contribution in [0.25, 0.3) is 0 Å². The average Bonchev–Trinajstić information content (AvgIpc) is 1.89. The summed E-state index contributed by atoms with van der Waals surface area (Å²) in [6.45, 7) is 0. The van der Waals surface area contributed by atoms with E-state index in [1.54, 1.807) is 12.3 Å². The van der Waals surface area contributed by atoms with E-state index in [4.69, 9.17) is 17.5 Å². The summed E-state index contributed by atoms with van der Waals surface area (Å²) in [5.74, 6) is 5.21. The zero-order valence-electron chi connectivity index (χ0n) is 4.54. The van der Waals surface area contributed by atoms with E-state index < -0.39 is 0 Å². The monoisotopic (exact) mass is 144 g/mol. The number of nitrogens with two attached hydrogens (primary N) is 1. The number of pyridine rings is 1. The van der Waals surface area contributed by atoms with Crippen molar-refractivity contribution < 1.29 is 4.84 Å². The first kappa shape index (κ1) is 6.32. The van der Waals surface area contributed by atoms with Crippen LogP contribution in [-0.4, -0.2) is 4.98 Å². The summed E-state index contributed by atoms with van der Waals surface area (Å²) < 4.78 is 0. The molecule has 48 valence electrons. The van der Waals surface area contributed by atoms with Gasteiger partial charge in [-0.3, -0.25) is 4.98 Å². The molecule has 1 aromatic rings. The van der Waals surface area contributed by atoms with Crippen LogP contribution >= 0.6 is 11.6 Å². The molecule has 1 aromatic heterocycles. The Labute approximate surface area is 57.4 Å². The van der Waals surface area contributed by atoms with Crippen LogP contribution < -0.4 is 10.7 Å². The third-order valence-electron chi connectivity index (χ3n) is 0.861. The first-order valence-electron chi connectivity index (χ1n) is 2.31. The summed E-state index contributed by atoms with van der Waals surface area (Å²) in [6.07, 6.45) is 3.01. The molecule has 0 atom stereocenters. The standard InChI is InChI=1S/C5H5ClN2O/c6-4-1-2-8-3-5(4)9-7/h1-3H,7H2. The second-order valence-corrected chi connectivity index (χ2v) is 1.83. The maximum Gasteiger partial charge on any atom is 0.183 e. The fourth-order valence-corrected chi connectivity index (χ4v) is 0.599. The van der Waals surface area contributed by atoms with Crippen LogP contribution in [0.2, 0.25) is 5.02 Å². The van der Waals surface area contributed by atoms with Crippen LogP contribution in [-0.2, 0) is 0 Å². The van der Waals surface area contributed by atoms with Crippen LogP contribution in [0, 0.1) is 0 Å². The molecule has 0 aliphatic carbocycles. The predicted molar refractivity (Wildman–Crippen MR) is 34.1 cm³/mol. The molecular formula is C5H5ClN2O. The molecule has 1 rings (SSSR count). The van der Waals surface area contributed by atoms with Gasteiger partial charge in [-0.05, 0) is 6.07 Å². The average molecular weight is 145 g/mol. The Bertz CT molecular complexity index is 204. The van der Waals surface area contributed by atoms with E-state index in [2.05, 4.69) is 9.82 Å². The third kappa shape index (κ3) is 1.31. The summed E-state index contributed by atoms with van der Waals surface area (Å²) in [5, 5.41) is 0.465. The Hall–Kier alpha value is -0.800. The van der Waals surface area contributed by atoms with Crippen molar-refractivity contribution in [2.45, 2.75) is 0 Å². The Balaban J connectivity index is 3.01. The van der Waals surface area contributed by atoms with Gasteiger partial charge < -0.3 is 4.84 Å². The first-order valence-corrected chi connectivity index (χ1v) is 2.68. The number of aromatic nitrogens is 1. The Kier molecular flexibility index (Phi) is 1.87. The van der Waals surface area contributed by atoms with Gasteiger partial charge in [0, 0.05) is 6.20 Å². The number of halogens is 1. The van der Waals surface area contributed by atoms with Crippen LogP contribution in [0.5, 0.6) is 5.75 Å². The van der Waals surface area contributed by atoms with Crippen molar-refractivity contribution in [3.05, 3.63) is 23.5 Å². The second-order valence-electron chi connectivity index (χ2n) is 1.42. The van der Waals surface area contributed by atoms with E-state index in [-0.39, 0.29) is 0 Å². The molecule has 0 amide bonds. The first-order chi connectivity index (χ1) is 4.34. The fraction of sp³-hybridized carbons (Fsp3) is 0. The van der Waals surface area contributed by atoms with Crippen molar-refractivity contribution in [3.8, 4) is 5.75 Å². The van der Waals surface area contributed by atoms with Gasteiger partial charge in [0.05, 0.1) is 11.2 Å². The normalized spacial score (nSPS) is 9.11. The lowest BCUT2D eigenvalue weighted by atomic mass is 10.5. The zero-order valence-corrected chi connectivity index (χ0v) is 5.30. The predicted octanol–water partition coefficient (Wildman–Crippen LogP) is 0.988. The smallest absolute Gasteiger partial charge is 0.183 e.